The maximum absolute atomic E-state index is 11.8. The van der Waals surface area contributed by atoms with Crippen molar-refractivity contribution in [2.24, 2.45) is 5.10 Å². The van der Waals surface area contributed by atoms with E-state index >= 15 is 0 Å². The van der Waals surface area contributed by atoms with Gasteiger partial charge in [-0.2, -0.15) is 5.10 Å². The van der Waals surface area contributed by atoms with Gasteiger partial charge in [0.15, 0.2) is 11.5 Å². The zero-order valence-electron chi connectivity index (χ0n) is 17.4. The lowest BCUT2D eigenvalue weighted by molar-refractivity contribution is -0.139. The topological polar surface area (TPSA) is 98.2 Å². The van der Waals surface area contributed by atoms with Gasteiger partial charge in [0.05, 0.1) is 19.4 Å². The van der Waals surface area contributed by atoms with Crippen LogP contribution in [-0.4, -0.2) is 44.4 Å². The maximum Gasteiger partial charge on any atom is 0.329 e. The van der Waals surface area contributed by atoms with Crippen LogP contribution >= 0.6 is 23.2 Å². The van der Waals surface area contributed by atoms with Crippen molar-refractivity contribution in [2.75, 3.05) is 20.3 Å². The van der Waals surface area contributed by atoms with E-state index in [1.807, 2.05) is 0 Å². The standard InChI is InChI=1S/C22H23Cl2N3O5/c1-30-20-10-14(7-8-19(20)32-13-16-17(23)5-2-6-18(16)24)11-26-27-22(29)21(28)25-12-15-4-3-9-31-15/h2,5-8,10-11,15H,3-4,9,12-13H2,1H3,(H,25,28)(H,27,29)/b26-11-/t15-/m0/s1. The van der Waals surface area contributed by atoms with Crippen molar-refractivity contribution >= 4 is 41.2 Å². The Kier molecular flexibility index (Phi) is 8.72. The summed E-state index contributed by atoms with van der Waals surface area (Å²) in [5, 5.41) is 7.37. The second kappa shape index (κ2) is 11.7. The van der Waals surface area contributed by atoms with E-state index in [0.29, 0.717) is 45.8 Å². The average Bonchev–Trinajstić information content (AvgIpc) is 3.31. The fourth-order valence-electron chi connectivity index (χ4n) is 3.01. The number of nitrogens with zero attached hydrogens (tertiary/aromatic N) is 1. The molecule has 0 aliphatic carbocycles. The molecule has 0 spiro atoms. The van der Waals surface area contributed by atoms with Crippen LogP contribution in [0.5, 0.6) is 11.5 Å². The van der Waals surface area contributed by atoms with Crippen LogP contribution < -0.4 is 20.2 Å². The van der Waals surface area contributed by atoms with Gasteiger partial charge in [-0.3, -0.25) is 9.59 Å². The SMILES string of the molecule is COc1cc(/C=N\NC(=O)C(=O)NC[C@@H]2CCCO2)ccc1OCc1c(Cl)cccc1Cl. The van der Waals surface area contributed by atoms with Gasteiger partial charge in [0.1, 0.15) is 6.61 Å². The molecular formula is C22H23Cl2N3O5. The van der Waals surface area contributed by atoms with Crippen LogP contribution in [0.4, 0.5) is 0 Å². The van der Waals surface area contributed by atoms with Crippen LogP contribution in [0.25, 0.3) is 0 Å². The normalized spacial score (nSPS) is 15.5. The van der Waals surface area contributed by atoms with Gasteiger partial charge >= 0.3 is 11.8 Å². The minimum atomic E-state index is -0.859. The molecule has 0 bridgehead atoms. The lowest BCUT2D eigenvalue weighted by Gasteiger charge is -2.13. The molecule has 3 rings (SSSR count). The predicted octanol–water partition coefficient (Wildman–Crippen LogP) is 3.33. The second-order valence-corrected chi connectivity index (χ2v) is 7.76. The molecule has 32 heavy (non-hydrogen) atoms. The summed E-state index contributed by atoms with van der Waals surface area (Å²) in [6.07, 6.45) is 3.17. The minimum absolute atomic E-state index is 0.0441. The number of nitrogens with one attached hydrogen (secondary N) is 2. The number of hydrogen-bond donors (Lipinski definition) is 2. The van der Waals surface area contributed by atoms with Gasteiger partial charge < -0.3 is 19.5 Å². The summed E-state index contributed by atoms with van der Waals surface area (Å²) in [7, 11) is 1.51. The molecule has 10 heteroatoms. The van der Waals surface area contributed by atoms with Crippen molar-refractivity contribution in [1.82, 2.24) is 10.7 Å². The van der Waals surface area contributed by atoms with E-state index in [1.165, 1.54) is 13.3 Å². The fourth-order valence-corrected chi connectivity index (χ4v) is 3.52. The van der Waals surface area contributed by atoms with Crippen LogP contribution in [0.3, 0.4) is 0 Å². The first-order valence-electron chi connectivity index (χ1n) is 9.94. The van der Waals surface area contributed by atoms with E-state index in [1.54, 1.807) is 36.4 Å². The molecule has 1 heterocycles. The smallest absolute Gasteiger partial charge is 0.329 e. The van der Waals surface area contributed by atoms with Crippen molar-refractivity contribution in [3.63, 3.8) is 0 Å². The van der Waals surface area contributed by atoms with Crippen LogP contribution in [0, 0.1) is 0 Å². The molecule has 1 atom stereocenters. The monoisotopic (exact) mass is 479 g/mol. The Morgan fingerprint density at radius 2 is 1.97 bits per heavy atom. The Hall–Kier alpha value is -2.81. The Balaban J connectivity index is 1.53. The maximum atomic E-state index is 11.8. The summed E-state index contributed by atoms with van der Waals surface area (Å²) < 4.78 is 16.6. The molecule has 170 valence electrons. The number of rotatable bonds is 8. The summed E-state index contributed by atoms with van der Waals surface area (Å²) in [5.41, 5.74) is 3.49. The zero-order valence-corrected chi connectivity index (χ0v) is 18.9. The molecule has 1 fully saturated rings. The van der Waals surface area contributed by atoms with Crippen molar-refractivity contribution in [3.05, 3.63) is 57.6 Å². The van der Waals surface area contributed by atoms with E-state index in [0.717, 1.165) is 12.8 Å². The molecule has 1 aliphatic heterocycles. The van der Waals surface area contributed by atoms with E-state index in [-0.39, 0.29) is 12.7 Å². The summed E-state index contributed by atoms with van der Waals surface area (Å²) >= 11 is 12.3. The number of hydrogen-bond acceptors (Lipinski definition) is 6. The third kappa shape index (κ3) is 6.59. The van der Waals surface area contributed by atoms with Gasteiger partial charge in [-0.25, -0.2) is 5.43 Å². The van der Waals surface area contributed by atoms with E-state index in [9.17, 15) is 9.59 Å². The highest BCUT2D eigenvalue weighted by atomic mass is 35.5. The van der Waals surface area contributed by atoms with Gasteiger partial charge in [0, 0.05) is 28.8 Å². The van der Waals surface area contributed by atoms with Crippen LogP contribution in [0.15, 0.2) is 41.5 Å². The van der Waals surface area contributed by atoms with Gasteiger partial charge in [-0.05, 0) is 48.7 Å². The Morgan fingerprint density at radius 3 is 2.66 bits per heavy atom. The summed E-state index contributed by atoms with van der Waals surface area (Å²) in [4.78, 5) is 23.7. The van der Waals surface area contributed by atoms with Gasteiger partial charge in [0.2, 0.25) is 0 Å². The lowest BCUT2D eigenvalue weighted by atomic mass is 10.2. The molecule has 2 N–H and O–H groups in total. The molecule has 8 nitrogen and oxygen atoms in total. The van der Waals surface area contributed by atoms with Gasteiger partial charge in [-0.15, -0.1) is 0 Å². The number of halogens is 2. The highest BCUT2D eigenvalue weighted by molar-refractivity contribution is 6.36. The van der Waals surface area contributed by atoms with E-state index < -0.39 is 11.8 Å². The minimum Gasteiger partial charge on any atom is -0.493 e. The van der Waals surface area contributed by atoms with Crippen molar-refractivity contribution in [3.8, 4) is 11.5 Å². The third-order valence-electron chi connectivity index (χ3n) is 4.72. The predicted molar refractivity (Wildman–Crippen MR) is 122 cm³/mol. The molecule has 0 saturated carbocycles. The Labute approximate surface area is 195 Å². The first-order chi connectivity index (χ1) is 15.5. The Bertz CT molecular complexity index is 973. The van der Waals surface area contributed by atoms with Gasteiger partial charge in [0.25, 0.3) is 0 Å². The molecule has 0 aromatic heterocycles. The van der Waals surface area contributed by atoms with Crippen LogP contribution in [0.2, 0.25) is 10.0 Å². The number of benzene rings is 2. The molecule has 2 amide bonds. The first-order valence-corrected chi connectivity index (χ1v) is 10.7. The zero-order chi connectivity index (χ0) is 22.9. The Morgan fingerprint density at radius 1 is 1.19 bits per heavy atom. The number of amides is 2. The quantitative estimate of drug-likeness (QED) is 0.343. The van der Waals surface area contributed by atoms with Crippen LogP contribution in [-0.2, 0) is 20.9 Å². The summed E-state index contributed by atoms with van der Waals surface area (Å²) in [6, 6.07) is 10.3. The second-order valence-electron chi connectivity index (χ2n) is 6.94. The van der Waals surface area contributed by atoms with Crippen molar-refractivity contribution in [1.29, 1.82) is 0 Å². The summed E-state index contributed by atoms with van der Waals surface area (Å²) in [5.74, 6) is -0.684. The number of carbonyl (C=O) groups is 2. The largest absolute Gasteiger partial charge is 0.493 e. The lowest BCUT2D eigenvalue weighted by Crippen LogP contribution is -2.41. The molecule has 0 unspecified atom stereocenters. The third-order valence-corrected chi connectivity index (χ3v) is 5.43. The first kappa shape index (κ1) is 23.8. The molecule has 2 aromatic rings. The number of ether oxygens (including phenoxy) is 3. The molecule has 1 saturated heterocycles. The van der Waals surface area contributed by atoms with E-state index in [4.69, 9.17) is 37.4 Å². The van der Waals surface area contributed by atoms with E-state index in [2.05, 4.69) is 15.8 Å². The number of hydrazone groups is 1. The summed E-state index contributed by atoms with van der Waals surface area (Å²) in [6.45, 7) is 1.14. The van der Waals surface area contributed by atoms with Crippen molar-refractivity contribution in [2.45, 2.75) is 25.6 Å². The molecule has 2 aromatic carbocycles. The van der Waals surface area contributed by atoms with Crippen LogP contribution in [0.1, 0.15) is 24.0 Å². The average molecular weight is 480 g/mol. The highest BCUT2D eigenvalue weighted by Gasteiger charge is 2.19. The van der Waals surface area contributed by atoms with Gasteiger partial charge in [-0.1, -0.05) is 29.3 Å². The number of carbonyl (C=O) groups excluding carboxylic acids is 2. The molecule has 1 aliphatic rings. The van der Waals surface area contributed by atoms with Crippen molar-refractivity contribution < 1.29 is 23.8 Å². The fraction of sp³-hybridized carbons (Fsp3) is 0.318. The molecular weight excluding hydrogens is 457 g/mol. The number of methoxy groups -OCH3 is 1. The highest BCUT2D eigenvalue weighted by Crippen LogP contribution is 2.31. The molecule has 0 radical (unpaired) electrons.